The topological polar surface area (TPSA) is 64.3 Å². The maximum Gasteiger partial charge on any atom is 0.407 e. The molecule has 0 radical (unpaired) electrons. The smallest absolute Gasteiger partial charge is 0.407 e. The summed E-state index contributed by atoms with van der Waals surface area (Å²) >= 11 is 0. The first-order valence-electron chi connectivity index (χ1n) is 5.87. The third kappa shape index (κ3) is 5.92. The lowest BCUT2D eigenvalue weighted by Crippen LogP contribution is -2.27. The Morgan fingerprint density at radius 2 is 2.12 bits per heavy atom. The standard InChI is InChI=1S/C13H20N2O2/c1-11(9-14)7-8-15-13(16)17-10-12-5-3-2-4-6-12/h2-6,11H,7-10,14H2,1H3,(H,15,16)/t11-/m0/s1. The highest BCUT2D eigenvalue weighted by Gasteiger charge is 2.03. The van der Waals surface area contributed by atoms with Crippen molar-refractivity contribution in [2.75, 3.05) is 13.1 Å². The summed E-state index contributed by atoms with van der Waals surface area (Å²) in [7, 11) is 0. The zero-order valence-corrected chi connectivity index (χ0v) is 10.2. The van der Waals surface area contributed by atoms with Crippen LogP contribution in [0.5, 0.6) is 0 Å². The first kappa shape index (κ1) is 13.5. The maximum absolute atomic E-state index is 11.3. The second kappa shape index (κ2) is 7.68. The van der Waals surface area contributed by atoms with E-state index in [1.807, 2.05) is 30.3 Å². The lowest BCUT2D eigenvalue weighted by Gasteiger charge is -2.09. The van der Waals surface area contributed by atoms with Gasteiger partial charge in [0.1, 0.15) is 6.61 Å². The molecule has 0 saturated carbocycles. The van der Waals surface area contributed by atoms with E-state index in [0.717, 1.165) is 12.0 Å². The Morgan fingerprint density at radius 3 is 2.76 bits per heavy atom. The monoisotopic (exact) mass is 236 g/mol. The van der Waals surface area contributed by atoms with Crippen molar-refractivity contribution in [1.82, 2.24) is 5.32 Å². The fourth-order valence-electron chi connectivity index (χ4n) is 1.31. The lowest BCUT2D eigenvalue weighted by atomic mass is 10.1. The van der Waals surface area contributed by atoms with Gasteiger partial charge >= 0.3 is 6.09 Å². The van der Waals surface area contributed by atoms with E-state index in [1.165, 1.54) is 0 Å². The number of hydrogen-bond acceptors (Lipinski definition) is 3. The average Bonchev–Trinajstić information content (AvgIpc) is 2.37. The molecule has 0 unspecified atom stereocenters. The molecule has 0 heterocycles. The van der Waals surface area contributed by atoms with Crippen molar-refractivity contribution in [1.29, 1.82) is 0 Å². The number of ether oxygens (including phenoxy) is 1. The van der Waals surface area contributed by atoms with Crippen LogP contribution in [0.1, 0.15) is 18.9 Å². The third-order valence-electron chi connectivity index (χ3n) is 2.52. The van der Waals surface area contributed by atoms with Gasteiger partial charge < -0.3 is 15.8 Å². The van der Waals surface area contributed by atoms with Crippen molar-refractivity contribution in [3.05, 3.63) is 35.9 Å². The molecule has 0 bridgehead atoms. The number of nitrogens with one attached hydrogen (secondary N) is 1. The number of carbonyl (C=O) groups is 1. The van der Waals surface area contributed by atoms with E-state index >= 15 is 0 Å². The van der Waals surface area contributed by atoms with E-state index in [1.54, 1.807) is 0 Å². The van der Waals surface area contributed by atoms with Gasteiger partial charge in [-0.2, -0.15) is 0 Å². The molecule has 0 saturated heterocycles. The fraction of sp³-hybridized carbons (Fsp3) is 0.462. The van der Waals surface area contributed by atoms with Crippen LogP contribution in [0.15, 0.2) is 30.3 Å². The van der Waals surface area contributed by atoms with Crippen LogP contribution >= 0.6 is 0 Å². The quantitative estimate of drug-likeness (QED) is 0.792. The number of benzene rings is 1. The van der Waals surface area contributed by atoms with Gasteiger partial charge in [0.25, 0.3) is 0 Å². The number of rotatable bonds is 6. The summed E-state index contributed by atoms with van der Waals surface area (Å²) in [5.41, 5.74) is 6.46. The van der Waals surface area contributed by atoms with Gasteiger partial charge in [-0.3, -0.25) is 0 Å². The Hall–Kier alpha value is -1.55. The van der Waals surface area contributed by atoms with E-state index in [9.17, 15) is 4.79 Å². The normalized spacial score (nSPS) is 11.9. The van der Waals surface area contributed by atoms with E-state index in [4.69, 9.17) is 10.5 Å². The largest absolute Gasteiger partial charge is 0.445 e. The SMILES string of the molecule is C[C@H](CN)CCNC(=O)OCc1ccccc1. The molecule has 0 spiro atoms. The van der Waals surface area contributed by atoms with Crippen LogP contribution in [0.4, 0.5) is 4.79 Å². The summed E-state index contributed by atoms with van der Waals surface area (Å²) in [6.07, 6.45) is 0.495. The van der Waals surface area contributed by atoms with E-state index in [-0.39, 0.29) is 6.09 Å². The number of carbonyl (C=O) groups excluding carboxylic acids is 1. The molecule has 0 aliphatic rings. The summed E-state index contributed by atoms with van der Waals surface area (Å²) in [5, 5.41) is 2.70. The van der Waals surface area contributed by atoms with Crippen LogP contribution in [-0.2, 0) is 11.3 Å². The first-order valence-corrected chi connectivity index (χ1v) is 5.87. The molecule has 1 aromatic rings. The Bertz CT molecular complexity index is 327. The highest BCUT2D eigenvalue weighted by atomic mass is 16.5. The third-order valence-corrected chi connectivity index (χ3v) is 2.52. The van der Waals surface area contributed by atoms with Crippen LogP contribution in [0.25, 0.3) is 0 Å². The second-order valence-corrected chi connectivity index (χ2v) is 4.12. The van der Waals surface area contributed by atoms with Gasteiger partial charge in [0, 0.05) is 6.54 Å². The molecule has 0 aliphatic carbocycles. The minimum Gasteiger partial charge on any atom is -0.445 e. The average molecular weight is 236 g/mol. The highest BCUT2D eigenvalue weighted by molar-refractivity contribution is 5.67. The van der Waals surface area contributed by atoms with Crippen molar-refractivity contribution in [3.63, 3.8) is 0 Å². The zero-order valence-electron chi connectivity index (χ0n) is 10.2. The summed E-state index contributed by atoms with van der Waals surface area (Å²) in [6, 6.07) is 9.60. The molecule has 4 nitrogen and oxygen atoms in total. The van der Waals surface area contributed by atoms with E-state index < -0.39 is 0 Å². The Kier molecular flexibility index (Phi) is 6.10. The molecule has 0 aromatic heterocycles. The number of hydrogen-bond donors (Lipinski definition) is 2. The summed E-state index contributed by atoms with van der Waals surface area (Å²) in [5.74, 6) is 0.421. The van der Waals surface area contributed by atoms with Crippen LogP contribution in [0, 0.1) is 5.92 Å². The number of nitrogens with two attached hydrogens (primary N) is 1. The van der Waals surface area contributed by atoms with Gasteiger partial charge in [-0.25, -0.2) is 4.79 Å². The number of amides is 1. The summed E-state index contributed by atoms with van der Waals surface area (Å²) in [6.45, 7) is 3.60. The van der Waals surface area contributed by atoms with Gasteiger partial charge in [0.15, 0.2) is 0 Å². The fourth-order valence-corrected chi connectivity index (χ4v) is 1.31. The molecule has 17 heavy (non-hydrogen) atoms. The molecule has 1 atom stereocenters. The van der Waals surface area contributed by atoms with Crippen molar-refractivity contribution in [3.8, 4) is 0 Å². The molecule has 1 aromatic carbocycles. The molecule has 1 rings (SSSR count). The van der Waals surface area contributed by atoms with Gasteiger partial charge in [0.05, 0.1) is 0 Å². The predicted molar refractivity (Wildman–Crippen MR) is 67.5 cm³/mol. The van der Waals surface area contributed by atoms with Gasteiger partial charge in [-0.05, 0) is 24.4 Å². The van der Waals surface area contributed by atoms with Gasteiger partial charge in [-0.15, -0.1) is 0 Å². The van der Waals surface area contributed by atoms with Gasteiger partial charge in [0.2, 0.25) is 0 Å². The van der Waals surface area contributed by atoms with Crippen LogP contribution < -0.4 is 11.1 Å². The molecule has 94 valence electrons. The Morgan fingerprint density at radius 1 is 1.41 bits per heavy atom. The van der Waals surface area contributed by atoms with Crippen molar-refractivity contribution in [2.45, 2.75) is 20.0 Å². The van der Waals surface area contributed by atoms with E-state index in [2.05, 4.69) is 12.2 Å². The predicted octanol–water partition coefficient (Wildman–Crippen LogP) is 1.90. The van der Waals surface area contributed by atoms with Crippen molar-refractivity contribution >= 4 is 6.09 Å². The summed E-state index contributed by atoms with van der Waals surface area (Å²) < 4.78 is 5.06. The second-order valence-electron chi connectivity index (χ2n) is 4.12. The Labute approximate surface area is 102 Å². The molecule has 1 amide bonds. The van der Waals surface area contributed by atoms with E-state index in [0.29, 0.717) is 25.6 Å². The Balaban J connectivity index is 2.13. The van der Waals surface area contributed by atoms with Crippen molar-refractivity contribution < 1.29 is 9.53 Å². The molecule has 4 heteroatoms. The molecule has 3 N–H and O–H groups in total. The van der Waals surface area contributed by atoms with Crippen LogP contribution in [0.3, 0.4) is 0 Å². The molecular formula is C13H20N2O2. The zero-order chi connectivity index (χ0) is 12.5. The van der Waals surface area contributed by atoms with Crippen LogP contribution in [-0.4, -0.2) is 19.2 Å². The molecule has 0 fully saturated rings. The van der Waals surface area contributed by atoms with Crippen molar-refractivity contribution in [2.24, 2.45) is 11.7 Å². The minimum atomic E-state index is -0.377. The molecular weight excluding hydrogens is 216 g/mol. The molecule has 0 aliphatic heterocycles. The minimum absolute atomic E-state index is 0.305. The van der Waals surface area contributed by atoms with Gasteiger partial charge in [-0.1, -0.05) is 37.3 Å². The maximum atomic E-state index is 11.3. The van der Waals surface area contributed by atoms with Crippen LogP contribution in [0.2, 0.25) is 0 Å². The highest BCUT2D eigenvalue weighted by Crippen LogP contribution is 2.01. The number of alkyl carbamates (subject to hydrolysis) is 1. The first-order chi connectivity index (χ1) is 8.22. The lowest BCUT2D eigenvalue weighted by molar-refractivity contribution is 0.139. The summed E-state index contributed by atoms with van der Waals surface area (Å²) in [4.78, 5) is 11.3.